The van der Waals surface area contributed by atoms with Crippen molar-refractivity contribution in [1.82, 2.24) is 14.4 Å². The van der Waals surface area contributed by atoms with Crippen LogP contribution in [-0.2, 0) is 11.3 Å². The zero-order valence-electron chi connectivity index (χ0n) is 12.8. The molecule has 0 saturated carbocycles. The molecule has 0 amide bonds. The number of thiazole rings is 1. The summed E-state index contributed by atoms with van der Waals surface area (Å²) in [6.07, 6.45) is 2.91. The number of piperazine rings is 1. The Labute approximate surface area is 130 Å². The van der Waals surface area contributed by atoms with E-state index < -0.39 is 0 Å². The summed E-state index contributed by atoms with van der Waals surface area (Å²) in [5.41, 5.74) is 1.09. The van der Waals surface area contributed by atoms with Gasteiger partial charge in [0.2, 0.25) is 0 Å². The molecule has 21 heavy (non-hydrogen) atoms. The topological polar surface area (TPSA) is 37.7 Å². The molecule has 3 heterocycles. The second-order valence-electron chi connectivity index (χ2n) is 6.07. The molecule has 0 aliphatic carbocycles. The van der Waals surface area contributed by atoms with E-state index in [0.717, 1.165) is 58.1 Å². The molecule has 2 fully saturated rings. The molecule has 2 aliphatic heterocycles. The van der Waals surface area contributed by atoms with Gasteiger partial charge in [-0.25, -0.2) is 0 Å². The molecule has 6 heteroatoms. The molecule has 0 radical (unpaired) electrons. The number of hydrogen-bond acceptors (Lipinski definition) is 5. The Hall–Kier alpha value is -0.690. The lowest BCUT2D eigenvalue weighted by molar-refractivity contribution is 0.0498. The molecule has 5 nitrogen and oxygen atoms in total. The summed E-state index contributed by atoms with van der Waals surface area (Å²) in [5, 5.41) is 1.95. The summed E-state index contributed by atoms with van der Waals surface area (Å²) in [5.74, 6) is 0. The molecule has 0 N–H and O–H groups in total. The highest BCUT2D eigenvalue weighted by molar-refractivity contribution is 7.07. The first kappa shape index (κ1) is 15.2. The summed E-state index contributed by atoms with van der Waals surface area (Å²) in [7, 11) is 0. The first-order valence-corrected chi connectivity index (χ1v) is 8.81. The van der Waals surface area contributed by atoms with E-state index in [-0.39, 0.29) is 4.87 Å². The Morgan fingerprint density at radius 3 is 2.62 bits per heavy atom. The zero-order chi connectivity index (χ0) is 14.7. The summed E-state index contributed by atoms with van der Waals surface area (Å²) in [6, 6.07) is 0. The number of aromatic nitrogens is 1. The fraction of sp³-hybridized carbons (Fsp3) is 0.800. The van der Waals surface area contributed by atoms with Crippen molar-refractivity contribution in [2.75, 3.05) is 45.9 Å². The Kier molecular flexibility index (Phi) is 5.11. The highest BCUT2D eigenvalue weighted by Gasteiger charge is 2.22. The van der Waals surface area contributed by atoms with Gasteiger partial charge in [0.25, 0.3) is 0 Å². The van der Waals surface area contributed by atoms with Crippen molar-refractivity contribution in [1.29, 1.82) is 0 Å². The van der Waals surface area contributed by atoms with Gasteiger partial charge in [0.15, 0.2) is 0 Å². The van der Waals surface area contributed by atoms with Crippen molar-refractivity contribution in [2.24, 2.45) is 0 Å². The summed E-state index contributed by atoms with van der Waals surface area (Å²) in [4.78, 5) is 16.9. The Morgan fingerprint density at radius 1 is 1.24 bits per heavy atom. The minimum atomic E-state index is 0.171. The average molecular weight is 311 g/mol. The molecule has 3 rings (SSSR count). The highest BCUT2D eigenvalue weighted by atomic mass is 32.1. The van der Waals surface area contributed by atoms with Gasteiger partial charge in [0, 0.05) is 63.5 Å². The van der Waals surface area contributed by atoms with Crippen molar-refractivity contribution >= 4 is 11.3 Å². The third-order valence-electron chi connectivity index (χ3n) is 4.57. The Morgan fingerprint density at radius 2 is 2.00 bits per heavy atom. The third-order valence-corrected chi connectivity index (χ3v) is 5.45. The lowest BCUT2D eigenvalue weighted by atomic mass is 10.2. The van der Waals surface area contributed by atoms with Crippen LogP contribution in [0.2, 0.25) is 0 Å². The van der Waals surface area contributed by atoms with Gasteiger partial charge in [-0.15, -0.1) is 0 Å². The van der Waals surface area contributed by atoms with Crippen molar-refractivity contribution in [2.45, 2.75) is 32.4 Å². The predicted octanol–water partition coefficient (Wildman–Crippen LogP) is 1.01. The lowest BCUT2D eigenvalue weighted by Gasteiger charge is -2.35. The average Bonchev–Trinajstić information content (AvgIpc) is 3.10. The van der Waals surface area contributed by atoms with Gasteiger partial charge in [-0.2, -0.15) is 0 Å². The minimum Gasteiger partial charge on any atom is -0.377 e. The van der Waals surface area contributed by atoms with Crippen LogP contribution < -0.4 is 4.87 Å². The third kappa shape index (κ3) is 3.94. The van der Waals surface area contributed by atoms with Crippen LogP contribution in [0.5, 0.6) is 0 Å². The first-order chi connectivity index (χ1) is 10.2. The molecule has 2 saturated heterocycles. The van der Waals surface area contributed by atoms with Crippen molar-refractivity contribution in [3.63, 3.8) is 0 Å². The normalized spacial score (nSPS) is 24.7. The number of rotatable bonds is 5. The predicted molar refractivity (Wildman–Crippen MR) is 85.2 cm³/mol. The van der Waals surface area contributed by atoms with Crippen LogP contribution in [0.15, 0.2) is 10.2 Å². The van der Waals surface area contributed by atoms with Gasteiger partial charge in [-0.3, -0.25) is 14.6 Å². The van der Waals surface area contributed by atoms with Crippen LogP contribution in [0.25, 0.3) is 0 Å². The van der Waals surface area contributed by atoms with Crippen LogP contribution in [0, 0.1) is 6.92 Å². The summed E-state index contributed by atoms with van der Waals surface area (Å²) < 4.78 is 7.61. The van der Waals surface area contributed by atoms with Crippen molar-refractivity contribution in [3.05, 3.63) is 20.7 Å². The molecule has 118 valence electrons. The molecule has 0 bridgehead atoms. The van der Waals surface area contributed by atoms with Crippen LogP contribution >= 0.6 is 11.3 Å². The second kappa shape index (κ2) is 7.05. The van der Waals surface area contributed by atoms with Gasteiger partial charge in [0.05, 0.1) is 6.10 Å². The SMILES string of the molecule is Cc1csc(=O)n1CCN1CCN(CC2CCCO2)CC1. The molecule has 1 atom stereocenters. The molecule has 2 aliphatic rings. The number of ether oxygens (including phenoxy) is 1. The molecular weight excluding hydrogens is 286 g/mol. The van der Waals surface area contributed by atoms with Gasteiger partial charge in [0.1, 0.15) is 0 Å². The van der Waals surface area contributed by atoms with E-state index in [1.54, 1.807) is 0 Å². The maximum atomic E-state index is 11.7. The summed E-state index contributed by atoms with van der Waals surface area (Å²) >= 11 is 1.30. The molecular formula is C15H25N3O2S. The highest BCUT2D eigenvalue weighted by Crippen LogP contribution is 2.14. The maximum absolute atomic E-state index is 11.7. The summed E-state index contributed by atoms with van der Waals surface area (Å²) in [6.45, 7) is 10.3. The lowest BCUT2D eigenvalue weighted by Crippen LogP contribution is -2.49. The fourth-order valence-corrected chi connectivity index (χ4v) is 3.95. The van der Waals surface area contributed by atoms with E-state index in [4.69, 9.17) is 4.74 Å². The van der Waals surface area contributed by atoms with Gasteiger partial charge >= 0.3 is 4.87 Å². The van der Waals surface area contributed by atoms with E-state index in [2.05, 4.69) is 9.80 Å². The Balaban J connectivity index is 1.40. The standard InChI is InChI=1S/C15H25N3O2S/c1-13-12-21-15(19)18(13)9-8-16-4-6-17(7-5-16)11-14-3-2-10-20-14/h12,14H,2-11H2,1H3. The Bertz CT molecular complexity index is 499. The second-order valence-corrected chi connectivity index (χ2v) is 6.89. The van der Waals surface area contributed by atoms with Crippen molar-refractivity contribution in [3.8, 4) is 0 Å². The largest absolute Gasteiger partial charge is 0.377 e. The van der Waals surface area contributed by atoms with Crippen molar-refractivity contribution < 1.29 is 4.74 Å². The smallest absolute Gasteiger partial charge is 0.307 e. The van der Waals surface area contributed by atoms with E-state index in [9.17, 15) is 4.79 Å². The maximum Gasteiger partial charge on any atom is 0.307 e. The van der Waals surface area contributed by atoms with Gasteiger partial charge < -0.3 is 9.30 Å². The molecule has 1 aromatic heterocycles. The van der Waals surface area contributed by atoms with Gasteiger partial charge in [-0.05, 0) is 19.8 Å². The monoisotopic (exact) mass is 311 g/mol. The van der Waals surface area contributed by atoms with Crippen LogP contribution in [0.1, 0.15) is 18.5 Å². The molecule has 1 unspecified atom stereocenters. The first-order valence-electron chi connectivity index (χ1n) is 7.93. The minimum absolute atomic E-state index is 0.171. The zero-order valence-corrected chi connectivity index (χ0v) is 13.6. The number of hydrogen-bond donors (Lipinski definition) is 0. The number of aryl methyl sites for hydroxylation is 1. The fourth-order valence-electron chi connectivity index (χ4n) is 3.19. The van der Waals surface area contributed by atoms with Crippen LogP contribution in [-0.4, -0.2) is 66.3 Å². The van der Waals surface area contributed by atoms with Gasteiger partial charge in [-0.1, -0.05) is 11.3 Å². The van der Waals surface area contributed by atoms with Crippen LogP contribution in [0.3, 0.4) is 0 Å². The molecule has 0 spiro atoms. The van der Waals surface area contributed by atoms with Crippen LogP contribution in [0.4, 0.5) is 0 Å². The van der Waals surface area contributed by atoms with E-state index >= 15 is 0 Å². The van der Waals surface area contributed by atoms with E-state index in [1.807, 2.05) is 16.9 Å². The van der Waals surface area contributed by atoms with E-state index in [1.165, 1.54) is 24.2 Å². The molecule has 1 aromatic rings. The molecule has 0 aromatic carbocycles. The number of nitrogens with zero attached hydrogens (tertiary/aromatic N) is 3. The quantitative estimate of drug-likeness (QED) is 0.813. The van der Waals surface area contributed by atoms with E-state index in [0.29, 0.717) is 6.10 Å².